The Morgan fingerprint density at radius 3 is 1.43 bits per heavy atom. The smallest absolute Gasteiger partial charge is 0.0317 e. The summed E-state index contributed by atoms with van der Waals surface area (Å²) in [5.74, 6) is 0. The molecule has 0 saturated heterocycles. The second-order valence-electron chi connectivity index (χ2n) is 5.83. The van der Waals surface area contributed by atoms with Gasteiger partial charge in [-0.3, -0.25) is 0 Å². The van der Waals surface area contributed by atoms with Crippen molar-refractivity contribution in [3.63, 3.8) is 0 Å². The Morgan fingerprint density at radius 1 is 0.522 bits per heavy atom. The highest BCUT2D eigenvalue weighted by atomic mass is 32.1. The molecule has 5 heteroatoms. The van der Waals surface area contributed by atoms with Gasteiger partial charge in [0, 0.05) is 24.5 Å². The minimum Gasteiger partial charge on any atom is -0.142 e. The number of hydrogen-bond donors (Lipinski definition) is 5. The van der Waals surface area contributed by atoms with E-state index in [2.05, 4.69) is 72.5 Å². The topological polar surface area (TPSA) is 0 Å². The van der Waals surface area contributed by atoms with Crippen molar-refractivity contribution < 1.29 is 0 Å². The van der Waals surface area contributed by atoms with E-state index in [0.717, 1.165) is 47.6 Å². The van der Waals surface area contributed by atoms with Crippen LogP contribution >= 0.6 is 63.1 Å². The summed E-state index contributed by atoms with van der Waals surface area (Å²) in [6.07, 6.45) is 0.888. The molecule has 0 aliphatic carbocycles. The molecule has 2 aromatic carbocycles. The second kappa shape index (κ2) is 7.20. The third-order valence-electron chi connectivity index (χ3n) is 4.69. The molecule has 124 valence electrons. The largest absolute Gasteiger partial charge is 0.142 e. The average molecular weight is 399 g/mol. The zero-order chi connectivity index (χ0) is 17.6. The van der Waals surface area contributed by atoms with Gasteiger partial charge in [-0.1, -0.05) is 6.92 Å². The fraction of sp³-hybridized carbons (Fsp3) is 0.333. The molecule has 2 aromatic rings. The van der Waals surface area contributed by atoms with E-state index in [9.17, 15) is 0 Å². The highest BCUT2D eigenvalue weighted by Crippen LogP contribution is 2.46. The molecule has 0 fully saturated rings. The van der Waals surface area contributed by atoms with Crippen LogP contribution in [0.5, 0.6) is 0 Å². The first kappa shape index (κ1) is 19.5. The lowest BCUT2D eigenvalue weighted by Gasteiger charge is -2.24. The van der Waals surface area contributed by atoms with Crippen molar-refractivity contribution in [2.45, 2.75) is 65.5 Å². The van der Waals surface area contributed by atoms with Gasteiger partial charge in [0.1, 0.15) is 0 Å². The maximum absolute atomic E-state index is 4.77. The van der Waals surface area contributed by atoms with Crippen molar-refractivity contribution in [2.75, 3.05) is 0 Å². The van der Waals surface area contributed by atoms with Crippen molar-refractivity contribution in [1.82, 2.24) is 0 Å². The lowest BCUT2D eigenvalue weighted by molar-refractivity contribution is 0.996. The summed E-state index contributed by atoms with van der Waals surface area (Å²) >= 11 is 23.4. The van der Waals surface area contributed by atoms with Crippen molar-refractivity contribution >= 4 is 63.1 Å². The van der Waals surface area contributed by atoms with E-state index < -0.39 is 0 Å². The van der Waals surface area contributed by atoms with Gasteiger partial charge in [0.25, 0.3) is 0 Å². The maximum atomic E-state index is 4.77. The zero-order valence-electron chi connectivity index (χ0n) is 13.9. The molecule has 23 heavy (non-hydrogen) atoms. The summed E-state index contributed by atoms with van der Waals surface area (Å²) in [5, 5.41) is 0. The molecule has 0 N–H and O–H groups in total. The van der Waals surface area contributed by atoms with E-state index in [1.54, 1.807) is 0 Å². The Labute approximate surface area is 166 Å². The molecule has 0 atom stereocenters. The Hall–Kier alpha value is 0.190. The van der Waals surface area contributed by atoms with Crippen LogP contribution in [-0.4, -0.2) is 0 Å². The molecule has 0 bridgehead atoms. The SMILES string of the molecule is CCc1c(S)c(S)c(C)c(C)c1-c1c(C)c(C)c(S)c(S)c1S. The standard InChI is InChI=1S/C18H22S5/c1-6-11-12(7(2)9(4)14(19)16(11)21)13-8(3)10(5)15(20)18(23)17(13)22/h19-23H,6H2,1-5H3. The van der Waals surface area contributed by atoms with Crippen molar-refractivity contribution in [3.8, 4) is 11.1 Å². The van der Waals surface area contributed by atoms with Gasteiger partial charge in [0.2, 0.25) is 0 Å². The van der Waals surface area contributed by atoms with Crippen LogP contribution in [-0.2, 0) is 6.42 Å². The Kier molecular flexibility index (Phi) is 6.11. The highest BCUT2D eigenvalue weighted by Gasteiger charge is 2.22. The van der Waals surface area contributed by atoms with Gasteiger partial charge in [0.15, 0.2) is 0 Å². The van der Waals surface area contributed by atoms with E-state index >= 15 is 0 Å². The van der Waals surface area contributed by atoms with Crippen molar-refractivity contribution in [3.05, 3.63) is 27.8 Å². The van der Waals surface area contributed by atoms with E-state index in [1.807, 2.05) is 0 Å². The predicted octanol–water partition coefficient (Wildman–Crippen LogP) is 6.59. The third-order valence-corrected chi connectivity index (χ3v) is 7.72. The molecule has 0 aromatic heterocycles. The summed E-state index contributed by atoms with van der Waals surface area (Å²) in [7, 11) is 0. The number of thiol groups is 5. The molecule has 0 spiro atoms. The van der Waals surface area contributed by atoms with Crippen LogP contribution in [0.4, 0.5) is 0 Å². The van der Waals surface area contributed by atoms with Gasteiger partial charge < -0.3 is 0 Å². The van der Waals surface area contributed by atoms with E-state index in [0.29, 0.717) is 0 Å². The molecule has 0 amide bonds. The molecule has 0 nitrogen and oxygen atoms in total. The fourth-order valence-corrected chi connectivity index (χ4v) is 4.75. The van der Waals surface area contributed by atoms with Crippen molar-refractivity contribution in [2.24, 2.45) is 0 Å². The molecule has 0 unspecified atom stereocenters. The Bertz CT molecular complexity index is 777. The Morgan fingerprint density at radius 2 is 0.957 bits per heavy atom. The van der Waals surface area contributed by atoms with Gasteiger partial charge in [-0.05, 0) is 73.1 Å². The normalized spacial score (nSPS) is 11.2. The van der Waals surface area contributed by atoms with Crippen molar-refractivity contribution in [1.29, 1.82) is 0 Å². The van der Waals surface area contributed by atoms with Crippen LogP contribution in [0.2, 0.25) is 0 Å². The van der Waals surface area contributed by atoms with Crippen LogP contribution < -0.4 is 0 Å². The fourth-order valence-electron chi connectivity index (χ4n) is 2.97. The van der Waals surface area contributed by atoms with Gasteiger partial charge in [-0.15, -0.1) is 63.1 Å². The summed E-state index contributed by atoms with van der Waals surface area (Å²) in [6, 6.07) is 0. The summed E-state index contributed by atoms with van der Waals surface area (Å²) in [5.41, 5.74) is 8.26. The molecule has 0 saturated carbocycles. The van der Waals surface area contributed by atoms with Crippen LogP contribution in [0.15, 0.2) is 24.5 Å². The summed E-state index contributed by atoms with van der Waals surface area (Å²) in [4.78, 5) is 4.50. The van der Waals surface area contributed by atoms with E-state index in [4.69, 9.17) is 25.3 Å². The minimum absolute atomic E-state index is 0.824. The Balaban J connectivity index is 3.06. The summed E-state index contributed by atoms with van der Waals surface area (Å²) in [6.45, 7) is 10.6. The van der Waals surface area contributed by atoms with Crippen LogP contribution in [0, 0.1) is 27.7 Å². The number of rotatable bonds is 2. The first-order valence-corrected chi connectivity index (χ1v) is 9.66. The van der Waals surface area contributed by atoms with E-state index in [1.165, 1.54) is 22.3 Å². The molecule has 0 radical (unpaired) electrons. The second-order valence-corrected chi connectivity index (χ2v) is 8.06. The van der Waals surface area contributed by atoms with E-state index in [-0.39, 0.29) is 0 Å². The number of benzene rings is 2. The maximum Gasteiger partial charge on any atom is 0.0317 e. The lowest BCUT2D eigenvalue weighted by atomic mass is 9.87. The molecule has 2 rings (SSSR count). The van der Waals surface area contributed by atoms with Crippen LogP contribution in [0.3, 0.4) is 0 Å². The molecule has 0 heterocycles. The van der Waals surface area contributed by atoms with Gasteiger partial charge >= 0.3 is 0 Å². The van der Waals surface area contributed by atoms with Gasteiger partial charge in [-0.25, -0.2) is 0 Å². The number of hydrogen-bond acceptors (Lipinski definition) is 5. The molecular formula is C18H22S5. The zero-order valence-corrected chi connectivity index (χ0v) is 18.4. The minimum atomic E-state index is 0.824. The van der Waals surface area contributed by atoms with Crippen LogP contribution in [0.1, 0.15) is 34.7 Å². The third kappa shape index (κ3) is 3.08. The average Bonchev–Trinajstić information content (AvgIpc) is 2.54. The molecule has 0 aliphatic rings. The highest BCUT2D eigenvalue weighted by molar-refractivity contribution is 7.85. The van der Waals surface area contributed by atoms with Gasteiger partial charge in [-0.2, -0.15) is 0 Å². The first-order chi connectivity index (χ1) is 10.6. The molecular weight excluding hydrogens is 377 g/mol. The van der Waals surface area contributed by atoms with Crippen LogP contribution in [0.25, 0.3) is 11.1 Å². The monoisotopic (exact) mass is 398 g/mol. The molecule has 0 aliphatic heterocycles. The summed E-state index contributed by atoms with van der Waals surface area (Å²) < 4.78 is 0. The van der Waals surface area contributed by atoms with Gasteiger partial charge in [0.05, 0.1) is 0 Å². The predicted molar refractivity (Wildman–Crippen MR) is 116 cm³/mol. The first-order valence-electron chi connectivity index (χ1n) is 7.43. The quantitative estimate of drug-likeness (QED) is 0.346. The lowest BCUT2D eigenvalue weighted by Crippen LogP contribution is -2.03.